The number of benzene rings is 13. The Balaban J connectivity index is 0.884. The maximum absolute atomic E-state index is 2.42. The Morgan fingerprint density at radius 3 is 0.702 bits per heavy atom. The van der Waals surface area contributed by atoms with Gasteiger partial charge in [-0.1, -0.05) is 279 Å². The van der Waals surface area contributed by atoms with Gasteiger partial charge >= 0.3 is 0 Å². The second-order valence-electron chi connectivity index (χ2n) is 20.9. The highest BCUT2D eigenvalue weighted by Crippen LogP contribution is 2.42. The summed E-state index contributed by atoms with van der Waals surface area (Å²) in [5.74, 6) is 0. The molecule has 398 valence electrons. The van der Waals surface area contributed by atoms with Gasteiger partial charge in [0.1, 0.15) is 0 Å². The largest absolute Gasteiger partial charge is 0.311 e. The standard InChI is InChI=1S/C82H60N2/c1-7-23-61(24-8-1)39-41-63-43-51-71(52-44-63)83(69-31-15-5-16-32-69)73-55-47-67(48-56-73)79(65-27-11-3-12-28-65)59-81-75-35-19-21-37-77(75)82(78-38-22-20-36-76(78)81)60-80(66-29-13-4-14-30-66)68-49-57-74(58-50-68)84(70-33-17-6-18-34-70)72-53-45-64(46-54-72)42-40-62-25-9-2-10-26-62/h1-60H/b41-39+,42-40+,79-59?,80-60?. The zero-order chi connectivity index (χ0) is 56.3. The minimum absolute atomic E-state index is 1.08. The van der Waals surface area contributed by atoms with Crippen LogP contribution < -0.4 is 9.80 Å². The van der Waals surface area contributed by atoms with Gasteiger partial charge in [0.05, 0.1) is 0 Å². The predicted molar refractivity (Wildman–Crippen MR) is 361 cm³/mol. The maximum Gasteiger partial charge on any atom is 0.0462 e. The van der Waals surface area contributed by atoms with Gasteiger partial charge in [0.15, 0.2) is 0 Å². The zero-order valence-electron chi connectivity index (χ0n) is 46.5. The Kier molecular flexibility index (Phi) is 15.4. The minimum atomic E-state index is 1.08. The van der Waals surface area contributed by atoms with E-state index in [1.807, 2.05) is 12.1 Å². The van der Waals surface area contributed by atoms with Gasteiger partial charge in [-0.15, -0.1) is 0 Å². The van der Waals surface area contributed by atoms with E-state index in [4.69, 9.17) is 0 Å². The second-order valence-corrected chi connectivity index (χ2v) is 20.9. The van der Waals surface area contributed by atoms with Gasteiger partial charge < -0.3 is 9.80 Å². The SMILES string of the molecule is C(=C(c1ccccc1)c1ccc(N(c2ccccc2)c2ccc(/C=C/c3ccccc3)cc2)cc1)c1c2ccccc2c(C=C(c2ccccc2)c2ccc(N(c3ccccc3)c3ccc(/C=C/c4ccccc4)cc3)cc2)c2ccccc12. The van der Waals surface area contributed by atoms with Gasteiger partial charge in [0, 0.05) is 34.1 Å². The number of rotatable bonds is 16. The molecule has 0 radical (unpaired) electrons. The van der Waals surface area contributed by atoms with Gasteiger partial charge in [0.25, 0.3) is 0 Å². The number of fused-ring (bicyclic) bond motifs is 2. The van der Waals surface area contributed by atoms with Crippen molar-refractivity contribution in [3.05, 3.63) is 383 Å². The summed E-state index contributed by atoms with van der Waals surface area (Å²) in [5, 5.41) is 4.75. The molecule has 13 rings (SSSR count). The Hall–Kier alpha value is -11.1. The quantitative estimate of drug-likeness (QED) is 0.0703. The van der Waals surface area contributed by atoms with Crippen LogP contribution in [0.1, 0.15) is 55.6 Å². The third-order valence-electron chi connectivity index (χ3n) is 15.5. The highest BCUT2D eigenvalue weighted by molar-refractivity contribution is 6.17. The smallest absolute Gasteiger partial charge is 0.0462 e. The van der Waals surface area contributed by atoms with Crippen LogP contribution in [0.4, 0.5) is 34.1 Å². The van der Waals surface area contributed by atoms with E-state index in [0.29, 0.717) is 0 Å². The molecule has 13 aromatic rings. The first-order chi connectivity index (χ1) is 41.7. The summed E-state index contributed by atoms with van der Waals surface area (Å²) in [5.41, 5.74) is 20.4. The molecule has 0 bridgehead atoms. The molecule has 0 aliphatic rings. The highest BCUT2D eigenvalue weighted by atomic mass is 15.1. The van der Waals surface area contributed by atoms with Crippen LogP contribution in [0.2, 0.25) is 0 Å². The van der Waals surface area contributed by atoms with Crippen LogP contribution in [0.3, 0.4) is 0 Å². The minimum Gasteiger partial charge on any atom is -0.311 e. The molecule has 0 atom stereocenters. The van der Waals surface area contributed by atoms with Gasteiger partial charge in [-0.2, -0.15) is 0 Å². The van der Waals surface area contributed by atoms with E-state index >= 15 is 0 Å². The molecule has 0 spiro atoms. The molecule has 0 aromatic heterocycles. The van der Waals surface area contributed by atoms with Crippen LogP contribution in [0.5, 0.6) is 0 Å². The van der Waals surface area contributed by atoms with Gasteiger partial charge in [0.2, 0.25) is 0 Å². The molecule has 2 nitrogen and oxygen atoms in total. The summed E-state index contributed by atoms with van der Waals surface area (Å²) < 4.78 is 0. The third kappa shape index (κ3) is 11.6. The fourth-order valence-corrected chi connectivity index (χ4v) is 11.3. The molecule has 0 N–H and O–H groups in total. The summed E-state index contributed by atoms with van der Waals surface area (Å²) in [6, 6.07) is 117. The first-order valence-electron chi connectivity index (χ1n) is 28.7. The molecular formula is C82H60N2. The number of hydrogen-bond acceptors (Lipinski definition) is 2. The van der Waals surface area contributed by atoms with Crippen LogP contribution in [0.25, 0.3) is 69.1 Å². The first kappa shape index (κ1) is 52.3. The topological polar surface area (TPSA) is 6.48 Å². The Labute approximate surface area is 493 Å². The lowest BCUT2D eigenvalue weighted by atomic mass is 9.86. The third-order valence-corrected chi connectivity index (χ3v) is 15.5. The van der Waals surface area contributed by atoms with Crippen LogP contribution in [-0.4, -0.2) is 0 Å². The summed E-state index contributed by atoms with van der Waals surface area (Å²) >= 11 is 0. The molecule has 0 aliphatic heterocycles. The Bertz CT molecular complexity index is 4090. The normalized spacial score (nSPS) is 11.9. The van der Waals surface area contributed by atoms with Crippen molar-refractivity contribution >= 4 is 103 Å². The summed E-state index contributed by atoms with van der Waals surface area (Å²) in [6.07, 6.45) is 13.5. The van der Waals surface area contributed by atoms with Crippen molar-refractivity contribution in [1.82, 2.24) is 0 Å². The van der Waals surface area contributed by atoms with Gasteiger partial charge in [-0.3, -0.25) is 0 Å². The average molecular weight is 1070 g/mol. The van der Waals surface area contributed by atoms with Crippen LogP contribution in [0.15, 0.2) is 328 Å². The Morgan fingerprint density at radius 1 is 0.190 bits per heavy atom. The van der Waals surface area contributed by atoms with Crippen molar-refractivity contribution in [2.24, 2.45) is 0 Å². The average Bonchev–Trinajstić information content (AvgIpc) is 3.36. The molecule has 84 heavy (non-hydrogen) atoms. The molecule has 0 amide bonds. The van der Waals surface area contributed by atoms with E-state index < -0.39 is 0 Å². The summed E-state index contributed by atoms with van der Waals surface area (Å²) in [4.78, 5) is 4.66. The molecule has 0 fully saturated rings. The van der Waals surface area contributed by atoms with Crippen molar-refractivity contribution in [2.45, 2.75) is 0 Å². The monoisotopic (exact) mass is 1070 g/mol. The molecule has 13 aromatic carbocycles. The molecular weight excluding hydrogens is 1010 g/mol. The van der Waals surface area contributed by atoms with Crippen molar-refractivity contribution in [3.8, 4) is 0 Å². The maximum atomic E-state index is 2.42. The predicted octanol–water partition coefficient (Wildman–Crippen LogP) is 22.5. The molecule has 0 saturated carbocycles. The van der Waals surface area contributed by atoms with Crippen molar-refractivity contribution in [2.75, 3.05) is 9.80 Å². The van der Waals surface area contributed by atoms with Crippen molar-refractivity contribution in [3.63, 3.8) is 0 Å². The molecule has 0 heterocycles. The highest BCUT2D eigenvalue weighted by Gasteiger charge is 2.19. The lowest BCUT2D eigenvalue weighted by molar-refractivity contribution is 1.28. The van der Waals surface area contributed by atoms with Crippen molar-refractivity contribution in [1.29, 1.82) is 0 Å². The number of nitrogens with zero attached hydrogens (tertiary/aromatic N) is 2. The fourth-order valence-electron chi connectivity index (χ4n) is 11.3. The summed E-state index contributed by atoms with van der Waals surface area (Å²) in [7, 11) is 0. The summed E-state index contributed by atoms with van der Waals surface area (Å²) in [6.45, 7) is 0. The molecule has 2 heteroatoms. The van der Waals surface area contributed by atoms with E-state index in [0.717, 1.165) is 78.7 Å². The second kappa shape index (κ2) is 24.8. The van der Waals surface area contributed by atoms with Crippen LogP contribution in [0, 0.1) is 0 Å². The number of anilines is 6. The van der Waals surface area contributed by atoms with E-state index in [-0.39, 0.29) is 0 Å². The lowest BCUT2D eigenvalue weighted by Crippen LogP contribution is -2.09. The van der Waals surface area contributed by atoms with E-state index in [1.165, 1.54) is 43.8 Å². The van der Waals surface area contributed by atoms with Gasteiger partial charge in [-0.25, -0.2) is 0 Å². The fraction of sp³-hybridized carbons (Fsp3) is 0. The lowest BCUT2D eigenvalue weighted by Gasteiger charge is -2.26. The van der Waals surface area contributed by atoms with E-state index in [1.54, 1.807) is 0 Å². The van der Waals surface area contributed by atoms with Crippen LogP contribution in [-0.2, 0) is 0 Å². The van der Waals surface area contributed by atoms with E-state index in [9.17, 15) is 0 Å². The molecule has 0 unspecified atom stereocenters. The first-order valence-corrected chi connectivity index (χ1v) is 28.7. The van der Waals surface area contributed by atoms with E-state index in [2.05, 4.69) is 362 Å². The van der Waals surface area contributed by atoms with Crippen molar-refractivity contribution < 1.29 is 0 Å². The molecule has 0 saturated heterocycles. The zero-order valence-corrected chi connectivity index (χ0v) is 46.5. The number of para-hydroxylation sites is 2. The number of hydrogen-bond donors (Lipinski definition) is 0. The van der Waals surface area contributed by atoms with Gasteiger partial charge in [-0.05, 0) is 173 Å². The molecule has 0 aliphatic carbocycles. The van der Waals surface area contributed by atoms with Crippen LogP contribution >= 0.6 is 0 Å². The Morgan fingerprint density at radius 2 is 0.405 bits per heavy atom.